The summed E-state index contributed by atoms with van der Waals surface area (Å²) in [5, 5.41) is 16.2. The quantitative estimate of drug-likeness (QED) is 0.796. The van der Waals surface area contributed by atoms with Gasteiger partial charge in [-0.1, -0.05) is 36.4 Å². The molecule has 0 radical (unpaired) electrons. The topological polar surface area (TPSA) is 58.9 Å². The molecule has 2 aromatic carbocycles. The second-order valence-corrected chi connectivity index (χ2v) is 3.79. The monoisotopic (exact) mass is 276 g/mol. The van der Waals surface area contributed by atoms with Crippen LogP contribution in [0, 0.1) is 0 Å². The Hall–Kier alpha value is -1.88. The smallest absolute Gasteiger partial charge is 0.127 e. The largest absolute Gasteiger partial charge is 0.457 e. The van der Waals surface area contributed by atoms with Crippen LogP contribution in [0.1, 0.15) is 0 Å². The van der Waals surface area contributed by atoms with E-state index in [1.807, 2.05) is 60.7 Å². The predicted molar refractivity (Wildman–Crippen MR) is 77.9 cm³/mol. The molecule has 0 aliphatic rings. The fraction of sp³-hybridized carbons (Fsp3) is 0.250. The highest BCUT2D eigenvalue weighted by molar-refractivity contribution is 5.30. The molecule has 0 aromatic heterocycles. The highest BCUT2D eigenvalue weighted by Crippen LogP contribution is 2.19. The third-order valence-corrected chi connectivity index (χ3v) is 2.19. The Morgan fingerprint density at radius 1 is 0.650 bits per heavy atom. The molecule has 0 fully saturated rings. The van der Waals surface area contributed by atoms with Crippen molar-refractivity contribution >= 4 is 0 Å². The average Bonchev–Trinajstić information content (AvgIpc) is 2.51. The molecule has 0 atom stereocenters. The molecule has 0 saturated carbocycles. The molecule has 2 N–H and O–H groups in total. The lowest BCUT2D eigenvalue weighted by Crippen LogP contribution is -2.03. The van der Waals surface area contributed by atoms with Gasteiger partial charge in [0.15, 0.2) is 0 Å². The molecule has 0 heterocycles. The minimum Gasteiger partial charge on any atom is -0.457 e. The van der Waals surface area contributed by atoms with Crippen LogP contribution in [0.15, 0.2) is 60.7 Å². The number of ether oxygens (including phenoxy) is 2. The van der Waals surface area contributed by atoms with E-state index in [0.717, 1.165) is 11.5 Å². The van der Waals surface area contributed by atoms with E-state index >= 15 is 0 Å². The third kappa shape index (κ3) is 7.53. The van der Waals surface area contributed by atoms with E-state index in [-0.39, 0.29) is 13.2 Å². The Morgan fingerprint density at radius 2 is 1.05 bits per heavy atom. The highest BCUT2D eigenvalue weighted by Gasteiger charge is 1.92. The summed E-state index contributed by atoms with van der Waals surface area (Å²) in [6.07, 6.45) is 0. The number of hydrogen-bond donors (Lipinski definition) is 2. The van der Waals surface area contributed by atoms with Crippen molar-refractivity contribution in [3.8, 4) is 11.5 Å². The zero-order valence-corrected chi connectivity index (χ0v) is 11.3. The second kappa shape index (κ2) is 11.0. The summed E-state index contributed by atoms with van der Waals surface area (Å²) in [6, 6.07) is 19.5. The minimum atomic E-state index is 0.0278. The summed E-state index contributed by atoms with van der Waals surface area (Å²) in [5.41, 5.74) is 0. The molecule has 0 aliphatic carbocycles. The first kappa shape index (κ1) is 16.2. The van der Waals surface area contributed by atoms with Gasteiger partial charge < -0.3 is 19.7 Å². The van der Waals surface area contributed by atoms with Gasteiger partial charge in [0.05, 0.1) is 26.4 Å². The molecule has 4 heteroatoms. The maximum atomic E-state index is 8.09. The van der Waals surface area contributed by atoms with Crippen molar-refractivity contribution in [3.63, 3.8) is 0 Å². The number of hydrogen-bond acceptors (Lipinski definition) is 4. The Labute approximate surface area is 119 Å². The van der Waals surface area contributed by atoms with Gasteiger partial charge in [-0.15, -0.1) is 0 Å². The zero-order chi connectivity index (χ0) is 14.5. The second-order valence-electron chi connectivity index (χ2n) is 3.79. The lowest BCUT2D eigenvalue weighted by molar-refractivity contribution is 0.0650. The van der Waals surface area contributed by atoms with Gasteiger partial charge >= 0.3 is 0 Å². The molecule has 0 spiro atoms. The van der Waals surface area contributed by atoms with Gasteiger partial charge in [-0.2, -0.15) is 0 Å². The summed E-state index contributed by atoms with van der Waals surface area (Å²) in [7, 11) is 0. The van der Waals surface area contributed by atoms with Crippen LogP contribution < -0.4 is 4.74 Å². The Bertz CT molecular complexity index is 389. The summed E-state index contributed by atoms with van der Waals surface area (Å²) in [5.74, 6) is 1.74. The maximum Gasteiger partial charge on any atom is 0.127 e. The van der Waals surface area contributed by atoms with Crippen molar-refractivity contribution < 1.29 is 19.7 Å². The van der Waals surface area contributed by atoms with E-state index < -0.39 is 0 Å². The van der Waals surface area contributed by atoms with E-state index in [9.17, 15) is 0 Å². The fourth-order valence-electron chi connectivity index (χ4n) is 1.34. The number of benzene rings is 2. The number of rotatable bonds is 6. The fourth-order valence-corrected chi connectivity index (χ4v) is 1.34. The van der Waals surface area contributed by atoms with Crippen LogP contribution in [0.4, 0.5) is 0 Å². The molecule has 2 rings (SSSR count). The summed E-state index contributed by atoms with van der Waals surface area (Å²) >= 11 is 0. The highest BCUT2D eigenvalue weighted by atomic mass is 16.5. The van der Waals surface area contributed by atoms with Crippen LogP contribution in [0.3, 0.4) is 0 Å². The van der Waals surface area contributed by atoms with Gasteiger partial charge in [-0.05, 0) is 24.3 Å². The van der Waals surface area contributed by atoms with Gasteiger partial charge in [0, 0.05) is 0 Å². The van der Waals surface area contributed by atoms with Crippen LogP contribution in [0.2, 0.25) is 0 Å². The van der Waals surface area contributed by atoms with E-state index in [2.05, 4.69) is 4.74 Å². The molecule has 0 amide bonds. The van der Waals surface area contributed by atoms with Gasteiger partial charge in [-0.25, -0.2) is 0 Å². The van der Waals surface area contributed by atoms with Crippen LogP contribution in [0.25, 0.3) is 0 Å². The van der Waals surface area contributed by atoms with Crippen LogP contribution in [0.5, 0.6) is 11.5 Å². The minimum absolute atomic E-state index is 0.0278. The van der Waals surface area contributed by atoms with E-state index in [1.165, 1.54) is 0 Å². The standard InChI is InChI=1S/C12H10O.C4H10O3/c1-3-7-11(8-4-1)13-12-9-5-2-6-10-12;5-1-3-7-4-2-6/h1-10H;5-6H,1-4H2. The van der Waals surface area contributed by atoms with Crippen molar-refractivity contribution in [1.29, 1.82) is 0 Å². The lowest BCUT2D eigenvalue weighted by atomic mass is 10.3. The molecular formula is C16H20O4. The SMILES string of the molecule is OCCOCCO.c1ccc(Oc2ccccc2)cc1. The van der Waals surface area contributed by atoms with Crippen LogP contribution in [-0.2, 0) is 4.74 Å². The average molecular weight is 276 g/mol. The van der Waals surface area contributed by atoms with E-state index in [4.69, 9.17) is 14.9 Å². The van der Waals surface area contributed by atoms with Gasteiger partial charge in [0.25, 0.3) is 0 Å². The van der Waals surface area contributed by atoms with Crippen LogP contribution >= 0.6 is 0 Å². The lowest BCUT2D eigenvalue weighted by Gasteiger charge is -2.03. The third-order valence-electron chi connectivity index (χ3n) is 2.19. The summed E-state index contributed by atoms with van der Waals surface area (Å²) in [6.45, 7) is 0.696. The molecule has 0 saturated heterocycles. The van der Waals surface area contributed by atoms with Crippen molar-refractivity contribution in [3.05, 3.63) is 60.7 Å². The molecule has 2 aromatic rings. The summed E-state index contributed by atoms with van der Waals surface area (Å²) in [4.78, 5) is 0. The molecule has 20 heavy (non-hydrogen) atoms. The maximum absolute atomic E-state index is 8.09. The normalized spacial score (nSPS) is 9.50. The first-order chi connectivity index (χ1) is 9.86. The van der Waals surface area contributed by atoms with Gasteiger partial charge in [0.1, 0.15) is 11.5 Å². The van der Waals surface area contributed by atoms with Crippen molar-refractivity contribution in [2.45, 2.75) is 0 Å². The Balaban J connectivity index is 0.000000246. The first-order valence-corrected chi connectivity index (χ1v) is 6.44. The Kier molecular flexibility index (Phi) is 8.89. The van der Waals surface area contributed by atoms with Crippen molar-refractivity contribution in [2.75, 3.05) is 26.4 Å². The first-order valence-electron chi connectivity index (χ1n) is 6.44. The zero-order valence-electron chi connectivity index (χ0n) is 11.3. The summed E-state index contributed by atoms with van der Waals surface area (Å²) < 4.78 is 10.2. The van der Waals surface area contributed by atoms with Gasteiger partial charge in [-0.3, -0.25) is 0 Å². The number of para-hydroxylation sites is 2. The molecule has 4 nitrogen and oxygen atoms in total. The Morgan fingerprint density at radius 3 is 1.40 bits per heavy atom. The number of aliphatic hydroxyl groups excluding tert-OH is 2. The molecule has 108 valence electrons. The predicted octanol–water partition coefficient (Wildman–Crippen LogP) is 2.47. The van der Waals surface area contributed by atoms with E-state index in [0.29, 0.717) is 13.2 Å². The van der Waals surface area contributed by atoms with Crippen LogP contribution in [-0.4, -0.2) is 36.6 Å². The number of aliphatic hydroxyl groups is 2. The van der Waals surface area contributed by atoms with Crippen molar-refractivity contribution in [2.24, 2.45) is 0 Å². The molecular weight excluding hydrogens is 256 g/mol. The molecule has 0 bridgehead atoms. The van der Waals surface area contributed by atoms with E-state index in [1.54, 1.807) is 0 Å². The molecule has 0 aliphatic heterocycles. The van der Waals surface area contributed by atoms with Crippen molar-refractivity contribution in [1.82, 2.24) is 0 Å². The molecule has 0 unspecified atom stereocenters. The van der Waals surface area contributed by atoms with Gasteiger partial charge in [0.2, 0.25) is 0 Å².